The summed E-state index contributed by atoms with van der Waals surface area (Å²) < 4.78 is 5.29. The number of non-ortho nitro benzene ring substituents is 1. The van der Waals surface area contributed by atoms with Crippen molar-refractivity contribution >= 4 is 17.3 Å². The molecule has 0 bridgehead atoms. The van der Waals surface area contributed by atoms with Crippen molar-refractivity contribution in [2.24, 2.45) is 0 Å². The Morgan fingerprint density at radius 2 is 2.00 bits per heavy atom. The van der Waals surface area contributed by atoms with E-state index in [1.807, 2.05) is 6.07 Å². The molecular formula is C16H11N3O4. The quantitative estimate of drug-likeness (QED) is 0.640. The molecule has 0 atom stereocenters. The molecule has 0 fully saturated rings. The van der Waals surface area contributed by atoms with Crippen molar-refractivity contribution in [3.63, 3.8) is 0 Å². The van der Waals surface area contributed by atoms with Crippen molar-refractivity contribution in [2.45, 2.75) is 6.54 Å². The second-order valence-electron chi connectivity index (χ2n) is 4.99. The summed E-state index contributed by atoms with van der Waals surface area (Å²) in [4.78, 5) is 24.0. The number of nitro benzene ring substituents is 1. The van der Waals surface area contributed by atoms with Gasteiger partial charge in [-0.2, -0.15) is 5.26 Å². The zero-order chi connectivity index (χ0) is 16.4. The van der Waals surface area contributed by atoms with E-state index in [2.05, 4.69) is 0 Å². The second-order valence-corrected chi connectivity index (χ2v) is 4.99. The van der Waals surface area contributed by atoms with E-state index in [0.29, 0.717) is 23.5 Å². The van der Waals surface area contributed by atoms with E-state index in [0.717, 1.165) is 5.56 Å². The van der Waals surface area contributed by atoms with Gasteiger partial charge in [0.1, 0.15) is 0 Å². The van der Waals surface area contributed by atoms with Gasteiger partial charge in [-0.25, -0.2) is 0 Å². The summed E-state index contributed by atoms with van der Waals surface area (Å²) >= 11 is 0. The monoisotopic (exact) mass is 309 g/mol. The number of carbonyl (C=O) groups excluding carboxylic acids is 1. The molecule has 0 aliphatic carbocycles. The first kappa shape index (κ1) is 14.5. The predicted octanol–water partition coefficient (Wildman–Crippen LogP) is 2.39. The number of hydrogen-bond acceptors (Lipinski definition) is 5. The lowest BCUT2D eigenvalue weighted by Crippen LogP contribution is -2.38. The minimum atomic E-state index is -0.509. The molecular weight excluding hydrogens is 298 g/mol. The molecule has 0 unspecified atom stereocenters. The lowest BCUT2D eigenvalue weighted by atomic mass is 10.1. The number of amides is 1. The van der Waals surface area contributed by atoms with Crippen LogP contribution in [0, 0.1) is 21.4 Å². The SMILES string of the molecule is N#Cc1ccc(CN2C(=O)COc3cc([N+](=O)[O-])ccc32)cc1. The maximum Gasteiger partial charge on any atom is 0.273 e. The van der Waals surface area contributed by atoms with E-state index in [1.165, 1.54) is 23.1 Å². The van der Waals surface area contributed by atoms with Gasteiger partial charge >= 0.3 is 0 Å². The number of nitrogens with zero attached hydrogens (tertiary/aromatic N) is 3. The molecule has 1 aliphatic heterocycles. The maximum atomic E-state index is 12.1. The Balaban J connectivity index is 1.92. The molecule has 3 rings (SSSR count). The third-order valence-electron chi connectivity index (χ3n) is 3.52. The topological polar surface area (TPSA) is 96.5 Å². The first-order valence-electron chi connectivity index (χ1n) is 6.79. The minimum Gasteiger partial charge on any atom is -0.481 e. The fraction of sp³-hybridized carbons (Fsp3) is 0.125. The zero-order valence-corrected chi connectivity index (χ0v) is 11.9. The average Bonchev–Trinajstić information content (AvgIpc) is 2.57. The molecule has 0 spiro atoms. The lowest BCUT2D eigenvalue weighted by molar-refractivity contribution is -0.384. The Morgan fingerprint density at radius 1 is 1.26 bits per heavy atom. The number of nitro groups is 1. The smallest absolute Gasteiger partial charge is 0.273 e. The molecule has 1 amide bonds. The third kappa shape index (κ3) is 2.82. The van der Waals surface area contributed by atoms with Crippen molar-refractivity contribution in [2.75, 3.05) is 11.5 Å². The van der Waals surface area contributed by atoms with Gasteiger partial charge < -0.3 is 9.64 Å². The Hall–Kier alpha value is -3.40. The van der Waals surface area contributed by atoms with E-state index < -0.39 is 4.92 Å². The Kier molecular flexibility index (Phi) is 3.65. The number of nitriles is 1. The Bertz CT molecular complexity index is 824. The fourth-order valence-corrected chi connectivity index (χ4v) is 2.35. The summed E-state index contributed by atoms with van der Waals surface area (Å²) in [6.07, 6.45) is 0. The van der Waals surface area contributed by atoms with Crippen LogP contribution in [0.25, 0.3) is 0 Å². The number of fused-ring (bicyclic) bond motifs is 1. The Morgan fingerprint density at radius 3 is 2.65 bits per heavy atom. The summed E-state index contributed by atoms with van der Waals surface area (Å²) in [6, 6.07) is 13.1. The molecule has 1 aliphatic rings. The van der Waals surface area contributed by atoms with Crippen molar-refractivity contribution < 1.29 is 14.5 Å². The van der Waals surface area contributed by atoms with Gasteiger partial charge in [0.05, 0.1) is 34.9 Å². The molecule has 0 aromatic heterocycles. The van der Waals surface area contributed by atoms with Gasteiger partial charge in [-0.3, -0.25) is 14.9 Å². The van der Waals surface area contributed by atoms with Crippen LogP contribution in [0.5, 0.6) is 5.75 Å². The van der Waals surface area contributed by atoms with Crippen LogP contribution in [0.4, 0.5) is 11.4 Å². The standard InChI is InChI=1S/C16H11N3O4/c17-8-11-1-3-12(4-2-11)9-18-14-6-5-13(19(21)22)7-15(14)23-10-16(18)20/h1-7H,9-10H2. The molecule has 2 aromatic carbocycles. The van der Waals surface area contributed by atoms with Crippen LogP contribution in [-0.2, 0) is 11.3 Å². The van der Waals surface area contributed by atoms with Crippen LogP contribution in [0.1, 0.15) is 11.1 Å². The highest BCUT2D eigenvalue weighted by Crippen LogP contribution is 2.35. The molecule has 0 radical (unpaired) electrons. The second kappa shape index (κ2) is 5.77. The van der Waals surface area contributed by atoms with Crippen LogP contribution < -0.4 is 9.64 Å². The number of ether oxygens (including phenoxy) is 1. The van der Waals surface area contributed by atoms with Crippen molar-refractivity contribution in [3.8, 4) is 11.8 Å². The zero-order valence-electron chi connectivity index (χ0n) is 11.9. The van der Waals surface area contributed by atoms with E-state index in [4.69, 9.17) is 10.00 Å². The van der Waals surface area contributed by atoms with E-state index >= 15 is 0 Å². The fourth-order valence-electron chi connectivity index (χ4n) is 2.35. The molecule has 7 nitrogen and oxygen atoms in total. The number of benzene rings is 2. The van der Waals surface area contributed by atoms with Crippen LogP contribution in [0.2, 0.25) is 0 Å². The molecule has 114 valence electrons. The highest BCUT2D eigenvalue weighted by Gasteiger charge is 2.27. The minimum absolute atomic E-state index is 0.0866. The van der Waals surface area contributed by atoms with Crippen molar-refractivity contribution in [1.82, 2.24) is 0 Å². The van der Waals surface area contributed by atoms with Crippen LogP contribution >= 0.6 is 0 Å². The molecule has 0 saturated heterocycles. The average molecular weight is 309 g/mol. The van der Waals surface area contributed by atoms with E-state index in [-0.39, 0.29) is 18.2 Å². The van der Waals surface area contributed by atoms with Gasteiger partial charge in [-0.15, -0.1) is 0 Å². The van der Waals surface area contributed by atoms with Gasteiger partial charge in [0.2, 0.25) is 0 Å². The molecule has 1 heterocycles. The molecule has 23 heavy (non-hydrogen) atoms. The number of rotatable bonds is 3. The first-order chi connectivity index (χ1) is 11.1. The first-order valence-corrected chi connectivity index (χ1v) is 6.79. The summed E-state index contributed by atoms with van der Waals surface area (Å²) in [6.45, 7) is 0.142. The largest absolute Gasteiger partial charge is 0.481 e. The Labute approximate surface area is 131 Å². The summed E-state index contributed by atoms with van der Waals surface area (Å²) in [5.74, 6) is 0.0863. The van der Waals surface area contributed by atoms with Crippen LogP contribution in [-0.4, -0.2) is 17.4 Å². The van der Waals surface area contributed by atoms with Crippen LogP contribution in [0.15, 0.2) is 42.5 Å². The van der Waals surface area contributed by atoms with Crippen LogP contribution in [0.3, 0.4) is 0 Å². The summed E-state index contributed by atoms with van der Waals surface area (Å²) in [7, 11) is 0. The van der Waals surface area contributed by atoms with Gasteiger partial charge in [0.15, 0.2) is 12.4 Å². The van der Waals surface area contributed by atoms with Gasteiger partial charge in [0.25, 0.3) is 11.6 Å². The third-order valence-corrected chi connectivity index (χ3v) is 3.52. The van der Waals surface area contributed by atoms with Gasteiger partial charge in [-0.1, -0.05) is 12.1 Å². The van der Waals surface area contributed by atoms with E-state index in [1.54, 1.807) is 24.3 Å². The maximum absolute atomic E-state index is 12.1. The number of carbonyl (C=O) groups is 1. The van der Waals surface area contributed by atoms with Crippen molar-refractivity contribution in [1.29, 1.82) is 5.26 Å². The molecule has 0 N–H and O–H groups in total. The van der Waals surface area contributed by atoms with E-state index in [9.17, 15) is 14.9 Å². The highest BCUT2D eigenvalue weighted by molar-refractivity contribution is 5.98. The van der Waals surface area contributed by atoms with Gasteiger partial charge in [-0.05, 0) is 23.8 Å². The molecule has 7 heteroatoms. The number of anilines is 1. The predicted molar refractivity (Wildman–Crippen MR) is 80.9 cm³/mol. The summed E-state index contributed by atoms with van der Waals surface area (Å²) in [5.41, 5.74) is 1.80. The highest BCUT2D eigenvalue weighted by atomic mass is 16.6. The number of hydrogen-bond donors (Lipinski definition) is 0. The molecule has 2 aromatic rings. The summed E-state index contributed by atoms with van der Waals surface area (Å²) in [5, 5.41) is 19.6. The molecule has 0 saturated carbocycles. The van der Waals surface area contributed by atoms with Gasteiger partial charge in [0, 0.05) is 6.07 Å². The van der Waals surface area contributed by atoms with Crippen molar-refractivity contribution in [3.05, 3.63) is 63.7 Å². The normalized spacial score (nSPS) is 13.0. The lowest BCUT2D eigenvalue weighted by Gasteiger charge is -2.29.